The molecule has 1 aromatic carbocycles. The van der Waals surface area contributed by atoms with Crippen molar-refractivity contribution in [1.82, 2.24) is 19.9 Å². The van der Waals surface area contributed by atoms with Crippen molar-refractivity contribution < 1.29 is 13.2 Å². The van der Waals surface area contributed by atoms with E-state index < -0.39 is 35.2 Å². The van der Waals surface area contributed by atoms with E-state index in [1.54, 1.807) is 13.8 Å². The van der Waals surface area contributed by atoms with E-state index in [2.05, 4.69) is 45.0 Å². The minimum Gasteiger partial charge on any atom is -0.363 e. The number of hydrogen-bond donors (Lipinski definition) is 1. The topological polar surface area (TPSA) is 81.0 Å². The number of fused-ring (bicyclic) bond motifs is 1. The van der Waals surface area contributed by atoms with Gasteiger partial charge in [-0.25, -0.2) is 28.1 Å². The number of pyridine rings is 1. The molecule has 10 heteroatoms. The lowest BCUT2D eigenvalue weighted by atomic mass is 9.96. The second-order valence-corrected chi connectivity index (χ2v) is 11.3. The molecule has 1 aliphatic heterocycles. The van der Waals surface area contributed by atoms with Crippen LogP contribution in [-0.2, 0) is 11.3 Å². The molecule has 0 spiro atoms. The van der Waals surface area contributed by atoms with E-state index in [0.29, 0.717) is 28.7 Å². The summed E-state index contributed by atoms with van der Waals surface area (Å²) in [6, 6.07) is 8.36. The molecule has 2 aromatic heterocycles. The first kappa shape index (κ1) is 28.1. The van der Waals surface area contributed by atoms with Crippen molar-refractivity contribution in [3.8, 4) is 6.07 Å². The number of hydrogen-bond acceptors (Lipinski definition) is 7. The highest BCUT2D eigenvalue weighted by Gasteiger charge is 2.48. The largest absolute Gasteiger partial charge is 0.363 e. The van der Waals surface area contributed by atoms with Gasteiger partial charge in [-0.3, -0.25) is 4.90 Å². The number of halogens is 3. The lowest BCUT2D eigenvalue weighted by molar-refractivity contribution is -0.0119. The molecule has 7 nitrogen and oxygen atoms in total. The van der Waals surface area contributed by atoms with Gasteiger partial charge < -0.3 is 10.2 Å². The number of benzene rings is 1. The number of nitrogens with zero attached hydrogens (tertiary/aromatic N) is 6. The minimum atomic E-state index is -3.26. The number of piperazine rings is 1. The van der Waals surface area contributed by atoms with Crippen molar-refractivity contribution in [2.75, 3.05) is 36.4 Å². The average Bonchev–Trinajstić information content (AvgIpc) is 3.73. The summed E-state index contributed by atoms with van der Waals surface area (Å²) in [7, 11) is 0. The van der Waals surface area contributed by atoms with E-state index in [1.807, 2.05) is 6.07 Å². The third kappa shape index (κ3) is 5.07. The molecule has 2 aliphatic rings. The Morgan fingerprint density at radius 3 is 2.40 bits per heavy atom. The van der Waals surface area contributed by atoms with Gasteiger partial charge in [-0.15, -0.1) is 0 Å². The van der Waals surface area contributed by atoms with Crippen LogP contribution in [0.1, 0.15) is 75.5 Å². The van der Waals surface area contributed by atoms with E-state index in [4.69, 9.17) is 4.98 Å². The van der Waals surface area contributed by atoms with Crippen LogP contribution in [-0.4, -0.2) is 52.1 Å². The second kappa shape index (κ2) is 10.5. The van der Waals surface area contributed by atoms with Gasteiger partial charge in [0.1, 0.15) is 23.3 Å². The zero-order valence-corrected chi connectivity index (χ0v) is 23.7. The van der Waals surface area contributed by atoms with E-state index in [9.17, 15) is 14.0 Å². The van der Waals surface area contributed by atoms with Crippen LogP contribution in [0.25, 0.3) is 11.0 Å². The van der Waals surface area contributed by atoms with Crippen molar-refractivity contribution in [2.24, 2.45) is 0 Å². The highest BCUT2D eigenvalue weighted by Crippen LogP contribution is 2.51. The van der Waals surface area contributed by atoms with Crippen molar-refractivity contribution in [3.63, 3.8) is 0 Å². The van der Waals surface area contributed by atoms with Crippen LogP contribution in [0.3, 0.4) is 0 Å². The first-order valence-corrected chi connectivity index (χ1v) is 14.0. The summed E-state index contributed by atoms with van der Waals surface area (Å²) in [5.41, 5.74) is 0.248. The molecule has 0 bridgehead atoms. The maximum atomic E-state index is 15.3. The minimum absolute atomic E-state index is 0.124. The lowest BCUT2D eigenvalue weighted by Crippen LogP contribution is -2.49. The van der Waals surface area contributed by atoms with Gasteiger partial charge in [-0.05, 0) is 46.6 Å². The highest BCUT2D eigenvalue weighted by molar-refractivity contribution is 5.89. The Kier molecular flexibility index (Phi) is 7.38. The van der Waals surface area contributed by atoms with Gasteiger partial charge in [-0.1, -0.05) is 25.1 Å². The summed E-state index contributed by atoms with van der Waals surface area (Å²) in [6.45, 7) is 12.6. The number of rotatable bonds is 8. The Morgan fingerprint density at radius 2 is 1.80 bits per heavy atom. The Balaban J connectivity index is 1.55. The smallest absolute Gasteiger partial charge is 0.275 e. The van der Waals surface area contributed by atoms with Gasteiger partial charge in [0.2, 0.25) is 0 Å². The first-order chi connectivity index (χ1) is 19.0. The average molecular weight is 552 g/mol. The summed E-state index contributed by atoms with van der Waals surface area (Å²) < 4.78 is 44.1. The van der Waals surface area contributed by atoms with Gasteiger partial charge in [0.25, 0.3) is 5.92 Å². The van der Waals surface area contributed by atoms with Gasteiger partial charge in [0, 0.05) is 49.8 Å². The molecule has 0 radical (unpaired) electrons. The fourth-order valence-corrected chi connectivity index (χ4v) is 5.51. The SMILES string of the molecule is CCC(F)(F)c1cccc([C@@H](C)Nc2nc(C)nc3nc(N4CCN(C(C)C)CC4)c(C4(C#N)CC4)cc23)c1F. The van der Waals surface area contributed by atoms with Crippen molar-refractivity contribution in [1.29, 1.82) is 5.26 Å². The molecule has 1 saturated carbocycles. The lowest BCUT2D eigenvalue weighted by Gasteiger charge is -2.38. The number of aromatic nitrogens is 3. The van der Waals surface area contributed by atoms with Gasteiger partial charge in [0.05, 0.1) is 28.5 Å². The summed E-state index contributed by atoms with van der Waals surface area (Å²) in [4.78, 5) is 18.9. The fraction of sp³-hybridized carbons (Fsp3) is 0.533. The van der Waals surface area contributed by atoms with Crippen molar-refractivity contribution in [2.45, 2.75) is 77.3 Å². The molecular weight excluding hydrogens is 515 g/mol. The van der Waals surface area contributed by atoms with E-state index in [0.717, 1.165) is 56.5 Å². The number of anilines is 2. The van der Waals surface area contributed by atoms with Crippen molar-refractivity contribution in [3.05, 3.63) is 52.6 Å². The Labute approximate surface area is 233 Å². The second-order valence-electron chi connectivity index (χ2n) is 11.3. The number of nitrogens with one attached hydrogen (secondary N) is 1. The molecule has 2 fully saturated rings. The summed E-state index contributed by atoms with van der Waals surface area (Å²) >= 11 is 0. The standard InChI is InChI=1S/C30H36F3N7/c1-6-30(32,33)23-9-7-8-21(25(23)31)19(4)35-26-22-16-24(29(17-34)10-11-29)28(38-27(22)37-20(5)36-26)40-14-12-39(13-15-40)18(2)3/h7-9,16,18-19H,6,10-15H2,1-5H3,(H,35,36,37,38)/t19-/m1/s1. The molecule has 40 heavy (non-hydrogen) atoms. The Hall–Kier alpha value is -3.45. The third-order valence-electron chi connectivity index (χ3n) is 8.29. The molecule has 5 rings (SSSR count). The van der Waals surface area contributed by atoms with Crippen LogP contribution >= 0.6 is 0 Å². The van der Waals surface area contributed by atoms with Crippen molar-refractivity contribution >= 4 is 22.7 Å². The van der Waals surface area contributed by atoms with E-state index in [-0.39, 0.29) is 5.56 Å². The van der Waals surface area contributed by atoms with Gasteiger partial charge >= 0.3 is 0 Å². The Morgan fingerprint density at radius 1 is 1.10 bits per heavy atom. The molecule has 212 valence electrons. The predicted octanol–water partition coefficient (Wildman–Crippen LogP) is 6.23. The van der Waals surface area contributed by atoms with Gasteiger partial charge in [0.15, 0.2) is 5.65 Å². The number of alkyl halides is 2. The van der Waals surface area contributed by atoms with E-state index in [1.165, 1.54) is 19.1 Å². The number of aryl methyl sites for hydroxylation is 1. The molecule has 1 saturated heterocycles. The third-order valence-corrected chi connectivity index (χ3v) is 8.29. The summed E-state index contributed by atoms with van der Waals surface area (Å²) in [5.74, 6) is -2.49. The summed E-state index contributed by atoms with van der Waals surface area (Å²) in [6.07, 6.45) is 1.02. The molecular formula is C30H36F3N7. The molecule has 3 heterocycles. The van der Waals surface area contributed by atoms with E-state index >= 15 is 4.39 Å². The van der Waals surface area contributed by atoms with Crippen LogP contribution in [0.15, 0.2) is 24.3 Å². The van der Waals surface area contributed by atoms with Crippen LogP contribution in [0, 0.1) is 24.1 Å². The van der Waals surface area contributed by atoms with Gasteiger partial charge in [-0.2, -0.15) is 5.26 Å². The zero-order chi connectivity index (χ0) is 28.8. The normalized spacial score (nSPS) is 18.1. The quantitative estimate of drug-likeness (QED) is 0.355. The highest BCUT2D eigenvalue weighted by atomic mass is 19.3. The van der Waals surface area contributed by atoms with Crippen LogP contribution < -0.4 is 10.2 Å². The predicted molar refractivity (Wildman–Crippen MR) is 150 cm³/mol. The molecule has 1 atom stereocenters. The van der Waals surface area contributed by atoms with Crippen LogP contribution in [0.2, 0.25) is 0 Å². The molecule has 0 unspecified atom stereocenters. The summed E-state index contributed by atoms with van der Waals surface area (Å²) in [5, 5.41) is 14.0. The van der Waals surface area contributed by atoms with Crippen LogP contribution in [0.4, 0.5) is 24.8 Å². The number of nitriles is 1. The maximum absolute atomic E-state index is 15.3. The molecule has 1 aliphatic carbocycles. The first-order valence-electron chi connectivity index (χ1n) is 14.0. The zero-order valence-electron chi connectivity index (χ0n) is 23.7. The molecule has 1 N–H and O–H groups in total. The fourth-order valence-electron chi connectivity index (χ4n) is 5.51. The molecule has 0 amide bonds. The maximum Gasteiger partial charge on any atom is 0.275 e. The molecule has 3 aromatic rings. The monoisotopic (exact) mass is 551 g/mol. The Bertz CT molecular complexity index is 1450. The van der Waals surface area contributed by atoms with Crippen LogP contribution in [0.5, 0.6) is 0 Å².